The maximum atomic E-state index is 3.30. The van der Waals surface area contributed by atoms with E-state index in [2.05, 4.69) is 39.6 Å². The fourth-order valence-corrected chi connectivity index (χ4v) is 1.63. The van der Waals surface area contributed by atoms with Gasteiger partial charge in [0.15, 0.2) is 0 Å². The molecule has 0 N–H and O–H groups in total. The van der Waals surface area contributed by atoms with Crippen molar-refractivity contribution in [3.8, 4) is 23.7 Å². The van der Waals surface area contributed by atoms with Crippen LogP contribution in [0.4, 0.5) is 0 Å². The first-order valence-electron chi connectivity index (χ1n) is 5.61. The Morgan fingerprint density at radius 3 is 2.00 bits per heavy atom. The summed E-state index contributed by atoms with van der Waals surface area (Å²) in [5.41, 5.74) is 2.95. The van der Waals surface area contributed by atoms with Crippen molar-refractivity contribution in [2.24, 2.45) is 0 Å². The number of benzene rings is 2. The second-order valence-electron chi connectivity index (χ2n) is 3.60. The first-order chi connectivity index (χ1) is 8.90. The molecule has 0 saturated heterocycles. The van der Waals surface area contributed by atoms with Gasteiger partial charge in [0.2, 0.25) is 0 Å². The van der Waals surface area contributed by atoms with Gasteiger partial charge in [-0.2, -0.15) is 0 Å². The molecule has 86 valence electrons. The fraction of sp³-hybridized carbons (Fsp3) is 0.0588. The average Bonchev–Trinajstić information content (AvgIpc) is 2.45. The maximum Gasteiger partial charge on any atom is 0.0649 e. The molecule has 0 fully saturated rings. The van der Waals surface area contributed by atoms with E-state index in [4.69, 9.17) is 0 Å². The van der Waals surface area contributed by atoms with Crippen molar-refractivity contribution in [3.63, 3.8) is 0 Å². The molecule has 0 aliphatic rings. The van der Waals surface area contributed by atoms with Gasteiger partial charge in [0.25, 0.3) is 0 Å². The number of alkyl halides is 1. The van der Waals surface area contributed by atoms with Crippen molar-refractivity contribution in [1.82, 2.24) is 0 Å². The van der Waals surface area contributed by atoms with Gasteiger partial charge in [0.1, 0.15) is 0 Å². The minimum absolute atomic E-state index is 0.674. The molecule has 2 aromatic carbocycles. The van der Waals surface area contributed by atoms with Crippen molar-refractivity contribution >= 4 is 15.9 Å². The Balaban J connectivity index is 2.33. The largest absolute Gasteiger partial charge is 0.0863 e. The molecular formula is C17H11Br. The summed E-state index contributed by atoms with van der Waals surface area (Å²) in [7, 11) is 0. The molecule has 0 atom stereocenters. The van der Waals surface area contributed by atoms with Crippen molar-refractivity contribution in [3.05, 3.63) is 71.3 Å². The summed E-state index contributed by atoms with van der Waals surface area (Å²) in [5, 5.41) is 0.674. The normalized spacial score (nSPS) is 8.72. The summed E-state index contributed by atoms with van der Waals surface area (Å²) in [6.45, 7) is 0. The zero-order valence-electron chi connectivity index (χ0n) is 9.78. The van der Waals surface area contributed by atoms with Crippen LogP contribution >= 0.6 is 15.9 Å². The molecular weight excluding hydrogens is 284 g/mol. The zero-order valence-corrected chi connectivity index (χ0v) is 11.4. The fourth-order valence-electron chi connectivity index (χ4n) is 1.49. The van der Waals surface area contributed by atoms with E-state index < -0.39 is 0 Å². The third kappa shape index (κ3) is 3.52. The van der Waals surface area contributed by atoms with E-state index in [0.717, 1.165) is 16.7 Å². The van der Waals surface area contributed by atoms with Gasteiger partial charge in [-0.3, -0.25) is 0 Å². The summed E-state index contributed by atoms with van der Waals surface area (Å²) in [6.07, 6.45) is 0. The predicted octanol–water partition coefficient (Wildman–Crippen LogP) is 3.83. The van der Waals surface area contributed by atoms with Gasteiger partial charge in [-0.15, -0.1) is 0 Å². The van der Waals surface area contributed by atoms with Crippen LogP contribution in [-0.4, -0.2) is 5.33 Å². The van der Waals surface area contributed by atoms with Crippen LogP contribution in [0.15, 0.2) is 54.6 Å². The standard InChI is InChI=1S/C17H11Br/c18-14-6-11-16-9-4-5-10-17(16)13-12-15-7-2-1-3-8-15/h1-5,7-10H,14H2. The van der Waals surface area contributed by atoms with Gasteiger partial charge in [-0.1, -0.05) is 69.9 Å². The highest BCUT2D eigenvalue weighted by Crippen LogP contribution is 2.06. The molecule has 2 aromatic rings. The van der Waals surface area contributed by atoms with Crippen molar-refractivity contribution in [2.75, 3.05) is 5.33 Å². The molecule has 18 heavy (non-hydrogen) atoms. The molecule has 1 heteroatoms. The lowest BCUT2D eigenvalue weighted by Gasteiger charge is -1.94. The van der Waals surface area contributed by atoms with Gasteiger partial charge in [0.05, 0.1) is 5.33 Å². The Kier molecular flexibility index (Phi) is 4.65. The van der Waals surface area contributed by atoms with Gasteiger partial charge in [0, 0.05) is 16.7 Å². The second-order valence-corrected chi connectivity index (χ2v) is 4.16. The first-order valence-corrected chi connectivity index (χ1v) is 6.73. The van der Waals surface area contributed by atoms with E-state index in [9.17, 15) is 0 Å². The van der Waals surface area contributed by atoms with E-state index in [0.29, 0.717) is 5.33 Å². The third-order valence-corrected chi connectivity index (χ3v) is 2.61. The molecule has 0 heterocycles. The number of rotatable bonds is 0. The maximum absolute atomic E-state index is 3.30. The van der Waals surface area contributed by atoms with Gasteiger partial charge in [-0.25, -0.2) is 0 Å². The number of hydrogen-bond donors (Lipinski definition) is 0. The Labute approximate surface area is 116 Å². The number of halogens is 1. The molecule has 0 nitrogen and oxygen atoms in total. The zero-order chi connectivity index (χ0) is 12.6. The molecule has 0 saturated carbocycles. The van der Waals surface area contributed by atoms with Gasteiger partial charge in [-0.05, 0) is 24.3 Å². The molecule has 0 amide bonds. The molecule has 0 aromatic heterocycles. The van der Waals surface area contributed by atoms with E-state index >= 15 is 0 Å². The number of hydrogen-bond acceptors (Lipinski definition) is 0. The van der Waals surface area contributed by atoms with Crippen LogP contribution in [0.2, 0.25) is 0 Å². The average molecular weight is 295 g/mol. The second kappa shape index (κ2) is 6.70. The monoisotopic (exact) mass is 294 g/mol. The van der Waals surface area contributed by atoms with Crippen LogP contribution in [0.5, 0.6) is 0 Å². The van der Waals surface area contributed by atoms with E-state index in [1.54, 1.807) is 0 Å². The molecule has 0 radical (unpaired) electrons. The lowest BCUT2D eigenvalue weighted by molar-refractivity contribution is 1.58. The molecule has 0 unspecified atom stereocenters. The van der Waals surface area contributed by atoms with Crippen LogP contribution in [0, 0.1) is 23.7 Å². The quantitative estimate of drug-likeness (QED) is 0.512. The Morgan fingerprint density at radius 1 is 0.722 bits per heavy atom. The highest BCUT2D eigenvalue weighted by atomic mass is 79.9. The minimum atomic E-state index is 0.674. The highest BCUT2D eigenvalue weighted by Gasteiger charge is 1.93. The summed E-state index contributed by atoms with van der Waals surface area (Å²) in [4.78, 5) is 0. The smallest absolute Gasteiger partial charge is 0.0649 e. The summed E-state index contributed by atoms with van der Waals surface area (Å²) >= 11 is 3.30. The molecule has 0 aliphatic heterocycles. The Bertz CT molecular complexity index is 634. The predicted molar refractivity (Wildman–Crippen MR) is 79.5 cm³/mol. The molecule has 0 aliphatic carbocycles. The molecule has 0 spiro atoms. The van der Waals surface area contributed by atoms with Crippen molar-refractivity contribution in [2.45, 2.75) is 0 Å². The summed E-state index contributed by atoms with van der Waals surface area (Å²) in [6, 6.07) is 17.9. The van der Waals surface area contributed by atoms with E-state index in [1.165, 1.54) is 0 Å². The van der Waals surface area contributed by atoms with Crippen LogP contribution in [-0.2, 0) is 0 Å². The van der Waals surface area contributed by atoms with Crippen LogP contribution < -0.4 is 0 Å². The lowest BCUT2D eigenvalue weighted by atomic mass is 10.1. The van der Waals surface area contributed by atoms with Crippen molar-refractivity contribution < 1.29 is 0 Å². The van der Waals surface area contributed by atoms with E-state index in [-0.39, 0.29) is 0 Å². The SMILES string of the molecule is BrCC#Cc1ccccc1C#Cc1ccccc1. The molecule has 0 bridgehead atoms. The third-order valence-electron chi connectivity index (χ3n) is 2.33. The molecule has 2 rings (SSSR count). The summed E-state index contributed by atoms with van der Waals surface area (Å²) in [5.74, 6) is 12.4. The van der Waals surface area contributed by atoms with Crippen LogP contribution in [0.25, 0.3) is 0 Å². The topological polar surface area (TPSA) is 0 Å². The Morgan fingerprint density at radius 2 is 1.33 bits per heavy atom. The van der Waals surface area contributed by atoms with Gasteiger partial charge >= 0.3 is 0 Å². The van der Waals surface area contributed by atoms with Gasteiger partial charge < -0.3 is 0 Å². The van der Waals surface area contributed by atoms with Crippen LogP contribution in [0.3, 0.4) is 0 Å². The lowest BCUT2D eigenvalue weighted by Crippen LogP contribution is -1.83. The highest BCUT2D eigenvalue weighted by molar-refractivity contribution is 9.09. The summed E-state index contributed by atoms with van der Waals surface area (Å²) < 4.78 is 0. The van der Waals surface area contributed by atoms with Crippen LogP contribution in [0.1, 0.15) is 16.7 Å². The Hall–Kier alpha value is -1.96. The van der Waals surface area contributed by atoms with Crippen molar-refractivity contribution in [1.29, 1.82) is 0 Å². The van der Waals surface area contributed by atoms with E-state index in [1.807, 2.05) is 54.6 Å². The minimum Gasteiger partial charge on any atom is -0.0863 e. The first kappa shape index (κ1) is 12.5.